The van der Waals surface area contributed by atoms with Gasteiger partial charge in [0, 0.05) is 27.9 Å². The van der Waals surface area contributed by atoms with Crippen molar-refractivity contribution in [3.8, 4) is 33.2 Å². The van der Waals surface area contributed by atoms with Crippen molar-refractivity contribution in [2.45, 2.75) is 39.2 Å². The van der Waals surface area contributed by atoms with Crippen molar-refractivity contribution in [2.24, 2.45) is 0 Å². The molecule has 1 aromatic carbocycles. The number of benzene rings is 1. The molecule has 1 aliphatic rings. The van der Waals surface area contributed by atoms with Crippen LogP contribution in [0.1, 0.15) is 31.6 Å². The van der Waals surface area contributed by atoms with Crippen molar-refractivity contribution in [3.05, 3.63) is 47.3 Å². The fraction of sp³-hybridized carbons (Fsp3) is 0.348. The topological polar surface area (TPSA) is 45.6 Å². The van der Waals surface area contributed by atoms with Gasteiger partial charge in [-0.05, 0) is 74.2 Å². The molecule has 146 valence electrons. The number of rotatable bonds is 5. The van der Waals surface area contributed by atoms with Gasteiger partial charge in [-0.2, -0.15) is 0 Å². The molecule has 1 N–H and O–H groups in total. The molecule has 4 rings (SSSR count). The van der Waals surface area contributed by atoms with Gasteiger partial charge in [-0.3, -0.25) is 0 Å². The lowest BCUT2D eigenvalue weighted by Gasteiger charge is -2.24. The zero-order valence-corrected chi connectivity index (χ0v) is 17.4. The lowest BCUT2D eigenvalue weighted by Crippen LogP contribution is -2.27. The summed E-state index contributed by atoms with van der Waals surface area (Å²) in [7, 11) is 1.57. The first kappa shape index (κ1) is 18.8. The lowest BCUT2D eigenvalue weighted by molar-refractivity contribution is 0.373. The third-order valence-corrected chi connectivity index (χ3v) is 6.71. The highest BCUT2D eigenvalue weighted by atomic mass is 32.1. The van der Waals surface area contributed by atoms with E-state index >= 15 is 0 Å². The number of ether oxygens (including phenoxy) is 1. The summed E-state index contributed by atoms with van der Waals surface area (Å²) >= 11 is 1.84. The number of anilines is 1. The van der Waals surface area contributed by atoms with Crippen molar-refractivity contribution >= 4 is 17.2 Å². The number of methoxy groups -OCH3 is 1. The summed E-state index contributed by atoms with van der Waals surface area (Å²) in [6, 6.07) is 14.7. The Bertz CT molecular complexity index is 982. The molecule has 5 heteroatoms. The molecule has 1 atom stereocenters. The van der Waals surface area contributed by atoms with Gasteiger partial charge in [-0.1, -0.05) is 6.92 Å². The molecule has 4 nitrogen and oxygen atoms in total. The van der Waals surface area contributed by atoms with Crippen LogP contribution in [0.3, 0.4) is 0 Å². The van der Waals surface area contributed by atoms with Crippen molar-refractivity contribution in [3.63, 3.8) is 0 Å². The highest BCUT2D eigenvalue weighted by Crippen LogP contribution is 2.37. The summed E-state index contributed by atoms with van der Waals surface area (Å²) in [4.78, 5) is 10.0. The van der Waals surface area contributed by atoms with E-state index in [0.717, 1.165) is 30.0 Å². The fourth-order valence-corrected chi connectivity index (χ4v) is 4.72. The number of nitrogens with zero attached hydrogens (tertiary/aromatic N) is 2. The first-order valence-electron chi connectivity index (χ1n) is 9.84. The number of hydrogen-bond acceptors (Lipinski definition) is 5. The summed E-state index contributed by atoms with van der Waals surface area (Å²) < 4.78 is 5.30. The minimum absolute atomic E-state index is 0.140. The number of hydrogen-bond donors (Lipinski definition) is 1. The molecular weight excluding hydrogens is 368 g/mol. The minimum atomic E-state index is 0.140. The molecule has 3 aromatic rings. The van der Waals surface area contributed by atoms with Gasteiger partial charge in [-0.15, -0.1) is 11.3 Å². The van der Waals surface area contributed by atoms with Crippen LogP contribution in [-0.2, 0) is 6.42 Å². The second-order valence-corrected chi connectivity index (χ2v) is 8.46. The molecule has 1 aliphatic heterocycles. The van der Waals surface area contributed by atoms with Gasteiger partial charge in [-0.25, -0.2) is 4.98 Å². The maximum Gasteiger partial charge on any atom is 0.161 e. The summed E-state index contributed by atoms with van der Waals surface area (Å²) in [5.74, 6) is 1.63. The number of aromatic nitrogens is 1. The molecular formula is C23H26N2O2S. The van der Waals surface area contributed by atoms with Gasteiger partial charge in [0.2, 0.25) is 0 Å². The van der Waals surface area contributed by atoms with Crippen molar-refractivity contribution in [1.29, 1.82) is 0 Å². The Morgan fingerprint density at radius 3 is 2.71 bits per heavy atom. The van der Waals surface area contributed by atoms with Crippen LogP contribution in [0, 0.1) is 0 Å². The monoisotopic (exact) mass is 394 g/mol. The molecule has 28 heavy (non-hydrogen) atoms. The van der Waals surface area contributed by atoms with E-state index in [1.54, 1.807) is 13.2 Å². The van der Waals surface area contributed by atoms with E-state index < -0.39 is 0 Å². The zero-order chi connectivity index (χ0) is 19.7. The zero-order valence-electron chi connectivity index (χ0n) is 16.6. The van der Waals surface area contributed by atoms with Gasteiger partial charge in [0.1, 0.15) is 5.82 Å². The van der Waals surface area contributed by atoms with Crippen molar-refractivity contribution < 1.29 is 9.84 Å². The van der Waals surface area contributed by atoms with E-state index in [9.17, 15) is 5.11 Å². The quantitative estimate of drug-likeness (QED) is 0.599. The van der Waals surface area contributed by atoms with Crippen LogP contribution in [0.15, 0.2) is 42.5 Å². The van der Waals surface area contributed by atoms with Crippen LogP contribution in [-0.4, -0.2) is 29.8 Å². The number of aromatic hydroxyl groups is 1. The molecule has 3 heterocycles. The van der Waals surface area contributed by atoms with E-state index in [1.807, 2.05) is 23.5 Å². The van der Waals surface area contributed by atoms with Gasteiger partial charge in [0.05, 0.1) is 12.8 Å². The highest BCUT2D eigenvalue weighted by Gasteiger charge is 2.23. The highest BCUT2D eigenvalue weighted by molar-refractivity contribution is 7.15. The molecule has 1 saturated heterocycles. The molecule has 1 fully saturated rings. The number of phenols is 1. The molecule has 0 aliphatic carbocycles. The second kappa shape index (κ2) is 7.84. The molecule has 0 saturated carbocycles. The van der Waals surface area contributed by atoms with Crippen LogP contribution in [0.5, 0.6) is 11.5 Å². The third kappa shape index (κ3) is 3.59. The molecule has 2 aromatic heterocycles. The maximum atomic E-state index is 9.95. The smallest absolute Gasteiger partial charge is 0.161 e. The van der Waals surface area contributed by atoms with E-state index in [1.165, 1.54) is 28.2 Å². The number of aryl methyl sites for hydroxylation is 1. The molecule has 0 spiro atoms. The Kier molecular flexibility index (Phi) is 5.27. The summed E-state index contributed by atoms with van der Waals surface area (Å²) in [6.45, 7) is 5.50. The van der Waals surface area contributed by atoms with Crippen LogP contribution < -0.4 is 9.64 Å². The van der Waals surface area contributed by atoms with Crippen molar-refractivity contribution in [1.82, 2.24) is 4.98 Å². The van der Waals surface area contributed by atoms with Crippen LogP contribution in [0.2, 0.25) is 0 Å². The van der Waals surface area contributed by atoms with E-state index in [2.05, 4.69) is 43.0 Å². The number of phenolic OH excluding ortho intramolecular Hbond substituents is 1. The fourth-order valence-electron chi connectivity index (χ4n) is 3.79. The van der Waals surface area contributed by atoms with Gasteiger partial charge >= 0.3 is 0 Å². The van der Waals surface area contributed by atoms with Gasteiger partial charge < -0.3 is 14.7 Å². The third-order valence-electron chi connectivity index (χ3n) is 5.43. The van der Waals surface area contributed by atoms with E-state index in [0.29, 0.717) is 11.8 Å². The standard InChI is InChI=1S/C23H26N2O2S/c1-4-18-8-10-22(28-18)17-12-19(16-7-9-20(26)21(13-16)27-3)24-23(14-17)25-11-5-6-15(25)2/h7-10,12-15,26H,4-6,11H2,1-3H3. The molecule has 0 bridgehead atoms. The molecule has 1 unspecified atom stereocenters. The SMILES string of the molecule is CCc1ccc(-c2cc(-c3ccc(O)c(OC)c3)nc(N3CCCC3C)c2)s1. The Labute approximate surface area is 170 Å². The van der Waals surface area contributed by atoms with Gasteiger partial charge in [0.25, 0.3) is 0 Å². The largest absolute Gasteiger partial charge is 0.504 e. The minimum Gasteiger partial charge on any atom is -0.504 e. The molecule has 0 radical (unpaired) electrons. The number of pyridine rings is 1. The molecule has 0 amide bonds. The second-order valence-electron chi connectivity index (χ2n) is 7.29. The van der Waals surface area contributed by atoms with Gasteiger partial charge in [0.15, 0.2) is 11.5 Å². The Hall–Kier alpha value is -2.53. The van der Waals surface area contributed by atoms with E-state index in [-0.39, 0.29) is 5.75 Å². The average Bonchev–Trinajstić information content (AvgIpc) is 3.37. The maximum absolute atomic E-state index is 9.95. The Morgan fingerprint density at radius 1 is 1.18 bits per heavy atom. The summed E-state index contributed by atoms with van der Waals surface area (Å²) in [5.41, 5.74) is 3.03. The summed E-state index contributed by atoms with van der Waals surface area (Å²) in [5, 5.41) is 9.95. The normalized spacial score (nSPS) is 16.5. The average molecular weight is 395 g/mol. The first-order chi connectivity index (χ1) is 13.6. The lowest BCUT2D eigenvalue weighted by atomic mass is 10.1. The van der Waals surface area contributed by atoms with Crippen LogP contribution in [0.25, 0.3) is 21.7 Å². The van der Waals surface area contributed by atoms with E-state index in [4.69, 9.17) is 9.72 Å². The predicted molar refractivity (Wildman–Crippen MR) is 117 cm³/mol. The van der Waals surface area contributed by atoms with Crippen LogP contribution >= 0.6 is 11.3 Å². The Balaban J connectivity index is 1.84. The first-order valence-corrected chi connectivity index (χ1v) is 10.7. The van der Waals surface area contributed by atoms with Crippen molar-refractivity contribution in [2.75, 3.05) is 18.6 Å². The number of thiophene rings is 1. The predicted octanol–water partition coefficient (Wildman–Crippen LogP) is 5.74. The van der Waals surface area contributed by atoms with Crippen LogP contribution in [0.4, 0.5) is 5.82 Å². The Morgan fingerprint density at radius 2 is 2.04 bits per heavy atom. The summed E-state index contributed by atoms with van der Waals surface area (Å²) in [6.07, 6.45) is 3.45.